The molecule has 0 aliphatic rings. The topological polar surface area (TPSA) is 96.7 Å². The molecule has 0 bridgehead atoms. The van der Waals surface area contributed by atoms with Gasteiger partial charge in [-0.2, -0.15) is 5.10 Å². The first kappa shape index (κ1) is 14.6. The van der Waals surface area contributed by atoms with E-state index in [4.69, 9.17) is 10.9 Å². The minimum absolute atomic E-state index is 0.0738. The van der Waals surface area contributed by atoms with E-state index in [2.05, 4.69) is 10.3 Å². The van der Waals surface area contributed by atoms with Gasteiger partial charge >= 0.3 is 0 Å². The van der Waals surface area contributed by atoms with Crippen LogP contribution >= 0.6 is 0 Å². The summed E-state index contributed by atoms with van der Waals surface area (Å²) in [5.41, 5.74) is 6.57. The molecule has 0 spiro atoms. The number of hydrogen-bond donors (Lipinski definition) is 2. The van der Waals surface area contributed by atoms with Crippen molar-refractivity contribution in [1.82, 2.24) is 9.78 Å². The summed E-state index contributed by atoms with van der Waals surface area (Å²) >= 11 is 0. The highest BCUT2D eigenvalue weighted by molar-refractivity contribution is 6.05. The van der Waals surface area contributed by atoms with Crippen molar-refractivity contribution < 1.29 is 10.0 Å². The average Bonchev–Trinajstić information content (AvgIpc) is 2.94. The van der Waals surface area contributed by atoms with E-state index in [-0.39, 0.29) is 18.2 Å². The maximum Gasteiger partial charge on any atom is 0.278 e. The number of rotatable bonds is 5. The predicted octanol–water partition coefficient (Wildman–Crippen LogP) is 1.20. The molecule has 1 amide bonds. The zero-order valence-corrected chi connectivity index (χ0v) is 11.7. The molecular weight excluding hydrogens is 270 g/mol. The highest BCUT2D eigenvalue weighted by atomic mass is 16.4. The van der Waals surface area contributed by atoms with Crippen molar-refractivity contribution >= 4 is 17.4 Å². The Morgan fingerprint density at radius 1 is 1.38 bits per heavy atom. The maximum atomic E-state index is 12.6. The van der Waals surface area contributed by atoms with Crippen LogP contribution < -0.4 is 10.6 Å². The van der Waals surface area contributed by atoms with Crippen LogP contribution in [0.15, 0.2) is 47.8 Å². The third-order valence-electron chi connectivity index (χ3n) is 2.97. The third kappa shape index (κ3) is 3.59. The van der Waals surface area contributed by atoms with Crippen LogP contribution in [0.1, 0.15) is 16.9 Å². The Labute approximate surface area is 122 Å². The van der Waals surface area contributed by atoms with Gasteiger partial charge in [0, 0.05) is 31.9 Å². The standard InChI is InChI=1S/C14H17N5O2/c1-18-9-7-12(16-18)14(20)19(10-8-13(15)17-21)11-5-3-2-4-6-11/h2-7,9,21H,8,10H2,1H3,(H2,15,17). The fraction of sp³-hybridized carbons (Fsp3) is 0.214. The fourth-order valence-corrected chi connectivity index (χ4v) is 1.90. The van der Waals surface area contributed by atoms with E-state index in [9.17, 15) is 4.79 Å². The molecule has 2 rings (SSSR count). The van der Waals surface area contributed by atoms with Crippen molar-refractivity contribution in [2.75, 3.05) is 11.4 Å². The summed E-state index contributed by atoms with van der Waals surface area (Å²) in [6.07, 6.45) is 1.98. The fourth-order valence-electron chi connectivity index (χ4n) is 1.90. The van der Waals surface area contributed by atoms with Crippen LogP contribution in [0.3, 0.4) is 0 Å². The number of amides is 1. The van der Waals surface area contributed by atoms with Crippen molar-refractivity contribution in [2.24, 2.45) is 17.9 Å². The molecule has 0 unspecified atom stereocenters. The molecular formula is C14H17N5O2. The summed E-state index contributed by atoms with van der Waals surface area (Å²) < 4.78 is 1.57. The highest BCUT2D eigenvalue weighted by Crippen LogP contribution is 2.16. The number of oxime groups is 1. The van der Waals surface area contributed by atoms with Crippen LogP contribution in [-0.4, -0.2) is 33.3 Å². The normalized spacial score (nSPS) is 11.4. The van der Waals surface area contributed by atoms with Crippen LogP contribution in [0, 0.1) is 0 Å². The Morgan fingerprint density at radius 2 is 2.10 bits per heavy atom. The van der Waals surface area contributed by atoms with Crippen LogP contribution in [-0.2, 0) is 7.05 Å². The lowest BCUT2D eigenvalue weighted by atomic mass is 10.2. The van der Waals surface area contributed by atoms with Gasteiger partial charge in [0.2, 0.25) is 0 Å². The zero-order valence-electron chi connectivity index (χ0n) is 11.7. The lowest BCUT2D eigenvalue weighted by Crippen LogP contribution is -2.34. The second kappa shape index (κ2) is 6.56. The summed E-state index contributed by atoms with van der Waals surface area (Å²) in [6.45, 7) is 0.301. The summed E-state index contributed by atoms with van der Waals surface area (Å²) in [5, 5.41) is 15.7. The SMILES string of the molecule is Cn1ccc(C(=O)N(CC/C(N)=N/O)c2ccccc2)n1. The maximum absolute atomic E-state index is 12.6. The van der Waals surface area contributed by atoms with Gasteiger partial charge in [-0.15, -0.1) is 0 Å². The number of nitrogens with two attached hydrogens (primary N) is 1. The van der Waals surface area contributed by atoms with Crippen LogP contribution in [0.4, 0.5) is 5.69 Å². The second-order valence-electron chi connectivity index (χ2n) is 4.51. The second-order valence-corrected chi connectivity index (χ2v) is 4.51. The van der Waals surface area contributed by atoms with Gasteiger partial charge < -0.3 is 15.8 Å². The molecule has 7 nitrogen and oxygen atoms in total. The van der Waals surface area contributed by atoms with E-state index >= 15 is 0 Å². The molecule has 0 saturated heterocycles. The number of amidine groups is 1. The summed E-state index contributed by atoms with van der Waals surface area (Å²) in [5.74, 6) is -0.155. The van der Waals surface area contributed by atoms with Gasteiger partial charge in [-0.25, -0.2) is 0 Å². The first-order valence-corrected chi connectivity index (χ1v) is 6.45. The highest BCUT2D eigenvalue weighted by Gasteiger charge is 2.19. The van der Waals surface area contributed by atoms with E-state index in [0.717, 1.165) is 5.69 Å². The lowest BCUT2D eigenvalue weighted by molar-refractivity contribution is 0.0982. The zero-order chi connectivity index (χ0) is 15.2. The predicted molar refractivity (Wildman–Crippen MR) is 79.4 cm³/mol. The first-order chi connectivity index (χ1) is 10.1. The van der Waals surface area contributed by atoms with E-state index in [1.807, 2.05) is 30.3 Å². The quantitative estimate of drug-likeness (QED) is 0.374. The Morgan fingerprint density at radius 3 is 2.67 bits per heavy atom. The van der Waals surface area contributed by atoms with E-state index in [1.165, 1.54) is 0 Å². The largest absolute Gasteiger partial charge is 0.409 e. The Kier molecular flexibility index (Phi) is 4.55. The number of para-hydroxylation sites is 1. The molecule has 110 valence electrons. The third-order valence-corrected chi connectivity index (χ3v) is 2.97. The van der Waals surface area contributed by atoms with Gasteiger partial charge in [0.05, 0.1) is 0 Å². The van der Waals surface area contributed by atoms with E-state index in [0.29, 0.717) is 12.2 Å². The van der Waals surface area contributed by atoms with Gasteiger partial charge in [-0.1, -0.05) is 23.4 Å². The van der Waals surface area contributed by atoms with Crippen LogP contribution in [0.25, 0.3) is 0 Å². The molecule has 0 aliphatic heterocycles. The minimum atomic E-state index is -0.229. The Hall–Kier alpha value is -2.83. The van der Waals surface area contributed by atoms with Gasteiger partial charge in [0.15, 0.2) is 5.69 Å². The summed E-state index contributed by atoms with van der Waals surface area (Å²) in [6, 6.07) is 10.9. The lowest BCUT2D eigenvalue weighted by Gasteiger charge is -2.21. The number of aryl methyl sites for hydroxylation is 1. The van der Waals surface area contributed by atoms with Gasteiger partial charge in [-0.05, 0) is 18.2 Å². The number of carbonyl (C=O) groups is 1. The van der Waals surface area contributed by atoms with Gasteiger partial charge in [-0.3, -0.25) is 9.48 Å². The monoisotopic (exact) mass is 287 g/mol. The molecule has 1 aromatic carbocycles. The van der Waals surface area contributed by atoms with Crippen LogP contribution in [0.2, 0.25) is 0 Å². The molecule has 0 fully saturated rings. The number of hydrogen-bond acceptors (Lipinski definition) is 4. The van der Waals surface area contributed by atoms with Crippen molar-refractivity contribution in [3.05, 3.63) is 48.3 Å². The van der Waals surface area contributed by atoms with Crippen LogP contribution in [0.5, 0.6) is 0 Å². The molecule has 3 N–H and O–H groups in total. The Balaban J connectivity index is 2.25. The summed E-state index contributed by atoms with van der Waals surface area (Å²) in [7, 11) is 1.75. The average molecular weight is 287 g/mol. The van der Waals surface area contributed by atoms with Crippen molar-refractivity contribution in [3.8, 4) is 0 Å². The number of benzene rings is 1. The first-order valence-electron chi connectivity index (χ1n) is 6.45. The molecule has 0 saturated carbocycles. The molecule has 1 aromatic heterocycles. The molecule has 0 radical (unpaired) electrons. The van der Waals surface area contributed by atoms with E-state index in [1.54, 1.807) is 28.9 Å². The number of nitrogens with zero attached hydrogens (tertiary/aromatic N) is 4. The molecule has 0 atom stereocenters. The Bertz CT molecular complexity index is 636. The molecule has 7 heteroatoms. The number of aromatic nitrogens is 2. The van der Waals surface area contributed by atoms with Crippen molar-refractivity contribution in [2.45, 2.75) is 6.42 Å². The molecule has 0 aliphatic carbocycles. The molecule has 1 heterocycles. The van der Waals surface area contributed by atoms with Gasteiger partial charge in [0.25, 0.3) is 5.91 Å². The molecule has 21 heavy (non-hydrogen) atoms. The molecule has 2 aromatic rings. The van der Waals surface area contributed by atoms with Crippen molar-refractivity contribution in [1.29, 1.82) is 0 Å². The number of carbonyl (C=O) groups excluding carboxylic acids is 1. The minimum Gasteiger partial charge on any atom is -0.409 e. The smallest absolute Gasteiger partial charge is 0.278 e. The summed E-state index contributed by atoms with van der Waals surface area (Å²) in [4.78, 5) is 14.1. The van der Waals surface area contributed by atoms with Crippen molar-refractivity contribution in [3.63, 3.8) is 0 Å². The van der Waals surface area contributed by atoms with Gasteiger partial charge in [0.1, 0.15) is 5.84 Å². The number of anilines is 1. The van der Waals surface area contributed by atoms with E-state index < -0.39 is 0 Å².